The molecule has 1 rings (SSSR count). The number of anilines is 1. The maximum Gasteiger partial charge on any atom is 0.223 e. The van der Waals surface area contributed by atoms with Gasteiger partial charge in [-0.1, -0.05) is 0 Å². The highest BCUT2D eigenvalue weighted by Gasteiger charge is 2.15. The monoisotopic (exact) mass is 270 g/mol. The van der Waals surface area contributed by atoms with Crippen LogP contribution in [0.25, 0.3) is 0 Å². The SMILES string of the molecule is Cc1cc(C)[15n]c(NCCC[13CH]([13C](C)=O)N([13CH3])[13CH3])[15n]1. The summed E-state index contributed by atoms with van der Waals surface area (Å²) in [6, 6.07) is 1.95. The number of nitrogens with zero attached hydrogens (tertiary/aromatic N) is 3. The fourth-order valence-corrected chi connectivity index (χ4v) is 2.13. The normalized spacial score (nSPS) is 12.5. The molecule has 5 heteroatoms. The van der Waals surface area contributed by atoms with E-state index in [1.54, 1.807) is 6.92 Å². The summed E-state index contributed by atoms with van der Waals surface area (Å²) in [4.78, 5) is 22.1. The molecule has 106 valence electrons. The third-order valence-electron chi connectivity index (χ3n) is 3.01. The van der Waals surface area contributed by atoms with Gasteiger partial charge in [-0.15, -0.1) is 0 Å². The molecular formula is C14H24N4O. The van der Waals surface area contributed by atoms with Gasteiger partial charge in [0.05, 0.1) is 6.04 Å². The number of Topliss-reactive ketones (excluding diaryl/α,β-unsaturated/α-hetero) is 1. The Kier molecular flexibility index (Phi) is 5.89. The van der Waals surface area contributed by atoms with E-state index in [1.165, 1.54) is 0 Å². The van der Waals surface area contributed by atoms with Crippen molar-refractivity contribution in [1.29, 1.82) is 0 Å². The van der Waals surface area contributed by atoms with Crippen LogP contribution in [-0.4, -0.2) is 47.3 Å². The number of hydrogen-bond donors (Lipinski definition) is 1. The molecule has 0 spiro atoms. The van der Waals surface area contributed by atoms with Gasteiger partial charge in [-0.05, 0) is 53.8 Å². The fourth-order valence-electron chi connectivity index (χ4n) is 2.13. The number of aromatic nitrogens is 2. The average molecular weight is 270 g/mol. The fraction of sp³-hybridized carbons (Fsp3) is 0.643. The van der Waals surface area contributed by atoms with Crippen molar-refractivity contribution < 1.29 is 4.79 Å². The van der Waals surface area contributed by atoms with Crippen LogP contribution in [0.15, 0.2) is 6.07 Å². The second-order valence-electron chi connectivity index (χ2n) is 5.13. The van der Waals surface area contributed by atoms with E-state index in [0.29, 0.717) is 5.95 Å². The van der Waals surface area contributed by atoms with Gasteiger partial charge in [-0.2, -0.15) is 0 Å². The molecule has 1 atom stereocenters. The lowest BCUT2D eigenvalue weighted by atomic mass is 10.3. The van der Waals surface area contributed by atoms with Crippen molar-refractivity contribution in [1.82, 2.24) is 14.9 Å². The first-order valence-corrected chi connectivity index (χ1v) is 6.63. The molecule has 1 aromatic rings. The van der Waals surface area contributed by atoms with Crippen molar-refractivity contribution >= 4 is 11.7 Å². The smallest absolute Gasteiger partial charge is 0.223 e. The standard InChI is InChI=1S/C14H24N4O/c1-10-9-11(2)17-14(16-10)15-8-6-7-13(12(3)19)18(4)5/h9,13H,6-8H2,1-5H3,(H,15,16,17)/i4+1,5+1,12+1,13+1,16+1,17+1. The van der Waals surface area contributed by atoms with Crippen molar-refractivity contribution in [3.8, 4) is 0 Å². The third kappa shape index (κ3) is 5.34. The number of nitrogens with one attached hydrogen (secondary N) is 1. The number of hydrogen-bond acceptors (Lipinski definition) is 5. The van der Waals surface area contributed by atoms with E-state index in [9.17, 15) is 4.79 Å². The van der Waals surface area contributed by atoms with E-state index in [2.05, 4.69) is 15.3 Å². The molecule has 0 saturated heterocycles. The molecule has 0 bridgehead atoms. The highest BCUT2D eigenvalue weighted by atomic mass is 16.2. The largest absolute Gasteiger partial charge is 0.354 e. The van der Waals surface area contributed by atoms with Gasteiger partial charge in [-0.3, -0.25) is 9.69 Å². The predicted molar refractivity (Wildman–Crippen MR) is 77.4 cm³/mol. The molecule has 0 fully saturated rings. The summed E-state index contributed by atoms with van der Waals surface area (Å²) < 4.78 is 0. The zero-order chi connectivity index (χ0) is 14.4. The second-order valence-corrected chi connectivity index (χ2v) is 5.13. The molecule has 1 N–H and O–H groups in total. The first kappa shape index (κ1) is 15.6. The number of carbonyl (C=O) groups is 1. The first-order chi connectivity index (χ1) is 8.90. The summed E-state index contributed by atoms with van der Waals surface area (Å²) in [6.45, 7) is 6.33. The third-order valence-corrected chi connectivity index (χ3v) is 3.01. The molecule has 0 amide bonds. The average Bonchev–Trinajstić information content (AvgIpc) is 2.26. The Hall–Kier alpha value is -1.49. The number of likely N-dealkylation sites (N-methyl/N-ethyl adjacent to an activating group) is 1. The van der Waals surface area contributed by atoms with Crippen LogP contribution in [0.2, 0.25) is 0 Å². The van der Waals surface area contributed by atoms with Gasteiger partial charge in [0, 0.05) is 17.9 Å². The summed E-state index contributed by atoms with van der Waals surface area (Å²) in [5, 5.41) is 3.21. The number of carbonyl (C=O) groups excluding carboxylic acids is 1. The topological polar surface area (TPSA) is 58.1 Å². The lowest BCUT2D eigenvalue weighted by Gasteiger charge is -2.21. The van der Waals surface area contributed by atoms with Crippen molar-refractivity contribution in [3.63, 3.8) is 0 Å². The molecule has 1 heterocycles. The predicted octanol–water partition coefficient (Wildman–Crippen LogP) is 1.80. The van der Waals surface area contributed by atoms with Gasteiger partial charge in [0.1, 0.15) is 5.78 Å². The second kappa shape index (κ2) is 7.19. The lowest BCUT2D eigenvalue weighted by molar-refractivity contribution is -0.121. The van der Waals surface area contributed by atoms with E-state index in [1.807, 2.05) is 38.9 Å². The van der Waals surface area contributed by atoms with E-state index >= 15 is 0 Å². The summed E-state index contributed by atoms with van der Waals surface area (Å²) in [5.41, 5.74) is 1.93. The van der Waals surface area contributed by atoms with Crippen LogP contribution < -0.4 is 5.32 Å². The molecule has 0 aliphatic rings. The zero-order valence-electron chi connectivity index (χ0n) is 12.5. The van der Waals surface area contributed by atoms with Crippen LogP contribution in [-0.2, 0) is 4.79 Å². The number of ketones is 1. The Morgan fingerprint density at radius 3 is 2.37 bits per heavy atom. The Bertz CT molecular complexity index is 411. The van der Waals surface area contributed by atoms with Crippen molar-refractivity contribution in [2.45, 2.75) is 39.7 Å². The van der Waals surface area contributed by atoms with E-state index in [0.717, 1.165) is 30.8 Å². The quantitative estimate of drug-likeness (QED) is 0.605. The minimum Gasteiger partial charge on any atom is -0.354 e. The van der Waals surface area contributed by atoms with Gasteiger partial charge in [0.25, 0.3) is 0 Å². The maximum atomic E-state index is 11.5. The van der Waals surface area contributed by atoms with Gasteiger partial charge in [-0.25, -0.2) is 9.97 Å². The highest BCUT2D eigenvalue weighted by molar-refractivity contribution is 5.81. The van der Waals surface area contributed by atoms with Crippen molar-refractivity contribution in [3.05, 3.63) is 17.5 Å². The minimum atomic E-state index is 0.00182. The zero-order valence-corrected chi connectivity index (χ0v) is 12.5. The Morgan fingerprint density at radius 1 is 1.32 bits per heavy atom. The summed E-state index contributed by atoms with van der Waals surface area (Å²) in [5.74, 6) is 0.884. The summed E-state index contributed by atoms with van der Waals surface area (Å²) in [6.07, 6.45) is 1.76. The number of rotatable bonds is 7. The van der Waals surface area contributed by atoms with E-state index < -0.39 is 0 Å². The van der Waals surface area contributed by atoms with Gasteiger partial charge < -0.3 is 5.32 Å². The van der Waals surface area contributed by atoms with Crippen LogP contribution >= 0.6 is 0 Å². The van der Waals surface area contributed by atoms with Crippen LogP contribution in [0.3, 0.4) is 0 Å². The van der Waals surface area contributed by atoms with Gasteiger partial charge in [0.15, 0.2) is 0 Å². The maximum absolute atomic E-state index is 11.5. The van der Waals surface area contributed by atoms with E-state index in [4.69, 9.17) is 0 Å². The summed E-state index contributed by atoms with van der Waals surface area (Å²) >= 11 is 0. The lowest BCUT2D eigenvalue weighted by Crippen LogP contribution is -2.34. The van der Waals surface area contributed by atoms with Crippen LogP contribution in [0, 0.1) is 13.8 Å². The first-order valence-electron chi connectivity index (χ1n) is 6.63. The summed E-state index contributed by atoms with van der Waals surface area (Å²) in [7, 11) is 3.87. The van der Waals surface area contributed by atoms with Crippen LogP contribution in [0.5, 0.6) is 0 Å². The minimum absolute atomic E-state index is 0.00182. The molecule has 1 aromatic heterocycles. The molecule has 0 radical (unpaired) electrons. The van der Waals surface area contributed by atoms with Crippen LogP contribution in [0.1, 0.15) is 31.2 Å². The molecule has 0 aliphatic carbocycles. The van der Waals surface area contributed by atoms with Crippen molar-refractivity contribution in [2.24, 2.45) is 0 Å². The molecule has 0 saturated carbocycles. The van der Waals surface area contributed by atoms with Crippen LogP contribution in [0.4, 0.5) is 5.95 Å². The highest BCUT2D eigenvalue weighted by Crippen LogP contribution is 2.07. The Balaban J connectivity index is 2.40. The molecule has 0 aliphatic heterocycles. The van der Waals surface area contributed by atoms with Gasteiger partial charge in [0.2, 0.25) is 5.95 Å². The Labute approximate surface area is 115 Å². The van der Waals surface area contributed by atoms with Crippen molar-refractivity contribution in [2.75, 3.05) is 26.0 Å². The van der Waals surface area contributed by atoms with Gasteiger partial charge >= 0.3 is 0 Å². The van der Waals surface area contributed by atoms with E-state index in [-0.39, 0.29) is 11.8 Å². The molecule has 0 aromatic carbocycles. The Morgan fingerprint density at radius 2 is 1.89 bits per heavy atom. The molecule has 19 heavy (non-hydrogen) atoms. The number of aryl methyl sites for hydroxylation is 2. The molecule has 1 unspecified atom stereocenters. The molecule has 5 nitrogen and oxygen atoms in total. The molecular weight excluding hydrogens is 246 g/mol.